The van der Waals surface area contributed by atoms with Crippen LogP contribution in [0.3, 0.4) is 0 Å². The molecule has 5 nitrogen and oxygen atoms in total. The first kappa shape index (κ1) is 15.5. The summed E-state index contributed by atoms with van der Waals surface area (Å²) in [5.74, 6) is -0.853. The van der Waals surface area contributed by atoms with Gasteiger partial charge in [0.2, 0.25) is 10.0 Å². The van der Waals surface area contributed by atoms with Crippen molar-refractivity contribution in [1.29, 1.82) is 0 Å². The second kappa shape index (κ2) is 5.83. The molecule has 1 heterocycles. The van der Waals surface area contributed by atoms with Crippen molar-refractivity contribution in [1.82, 2.24) is 4.72 Å². The molecule has 2 N–H and O–H groups in total. The number of hydrogen-bond donors (Lipinski definition) is 2. The quantitative estimate of drug-likeness (QED) is 0.874. The highest BCUT2D eigenvalue weighted by Gasteiger charge is 2.31. The molecule has 1 atom stereocenters. The lowest BCUT2D eigenvalue weighted by Gasteiger charge is -2.20. The zero-order valence-corrected chi connectivity index (χ0v) is 13.2. The number of aryl methyl sites for hydroxylation is 1. The molecule has 0 amide bonds. The van der Waals surface area contributed by atoms with Gasteiger partial charge in [0.25, 0.3) is 0 Å². The largest absolute Gasteiger partial charge is 0.477 e. The molecule has 0 radical (unpaired) electrons. The molecule has 112 valence electrons. The van der Waals surface area contributed by atoms with Crippen LogP contribution in [0.1, 0.15) is 47.8 Å². The molecule has 1 saturated carbocycles. The van der Waals surface area contributed by atoms with Gasteiger partial charge in [-0.3, -0.25) is 0 Å². The maximum Gasteiger partial charge on any atom is 0.347 e. The van der Waals surface area contributed by atoms with Crippen LogP contribution in [0.25, 0.3) is 0 Å². The summed E-state index contributed by atoms with van der Waals surface area (Å²) >= 11 is 0.952. The van der Waals surface area contributed by atoms with Crippen molar-refractivity contribution in [3.63, 3.8) is 0 Å². The molecule has 1 aliphatic carbocycles. The molecule has 0 unspecified atom stereocenters. The van der Waals surface area contributed by atoms with Crippen LogP contribution in [-0.4, -0.2) is 25.5 Å². The van der Waals surface area contributed by atoms with Crippen molar-refractivity contribution >= 4 is 27.3 Å². The van der Waals surface area contributed by atoms with E-state index in [1.54, 1.807) is 12.3 Å². The molecular formula is C13H19NO4S2. The fraction of sp³-hybridized carbons (Fsp3) is 0.615. The highest BCUT2D eigenvalue weighted by molar-refractivity contribution is 7.89. The molecule has 7 heteroatoms. The number of thiophene rings is 1. The Bertz CT molecular complexity index is 600. The molecule has 0 saturated heterocycles. The van der Waals surface area contributed by atoms with Gasteiger partial charge in [0.15, 0.2) is 0 Å². The Morgan fingerprint density at radius 3 is 2.60 bits per heavy atom. The van der Waals surface area contributed by atoms with Crippen molar-refractivity contribution in [2.45, 2.75) is 50.5 Å². The van der Waals surface area contributed by atoms with E-state index >= 15 is 0 Å². The van der Waals surface area contributed by atoms with Crippen molar-refractivity contribution in [2.24, 2.45) is 5.92 Å². The third-order valence-corrected chi connectivity index (χ3v) is 6.79. The van der Waals surface area contributed by atoms with Gasteiger partial charge >= 0.3 is 5.97 Å². The maximum atomic E-state index is 12.4. The van der Waals surface area contributed by atoms with Gasteiger partial charge in [0.05, 0.1) is 0 Å². The lowest BCUT2D eigenvalue weighted by Crippen LogP contribution is -2.37. The van der Waals surface area contributed by atoms with E-state index < -0.39 is 16.0 Å². The lowest BCUT2D eigenvalue weighted by atomic mass is 10.0. The number of rotatable bonds is 5. The number of carboxylic acid groups (broad SMARTS) is 1. The van der Waals surface area contributed by atoms with Gasteiger partial charge in [-0.15, -0.1) is 11.3 Å². The van der Waals surface area contributed by atoms with Crippen molar-refractivity contribution in [2.75, 3.05) is 0 Å². The second-order valence-electron chi connectivity index (χ2n) is 5.34. The number of nitrogens with one attached hydrogen (secondary N) is 1. The summed E-state index contributed by atoms with van der Waals surface area (Å²) in [4.78, 5) is 10.9. The third kappa shape index (κ3) is 3.05. The molecule has 1 aromatic heterocycles. The van der Waals surface area contributed by atoms with Crippen molar-refractivity contribution in [3.8, 4) is 0 Å². The van der Waals surface area contributed by atoms with E-state index in [0.717, 1.165) is 37.0 Å². The maximum absolute atomic E-state index is 12.4. The topological polar surface area (TPSA) is 83.5 Å². The summed E-state index contributed by atoms with van der Waals surface area (Å²) in [5.41, 5.74) is 0.485. The van der Waals surface area contributed by atoms with E-state index in [1.807, 2.05) is 6.92 Å². The Balaban J connectivity index is 2.26. The first-order valence-electron chi connectivity index (χ1n) is 6.66. The minimum absolute atomic E-state index is 0.0835. The lowest BCUT2D eigenvalue weighted by molar-refractivity contribution is 0.0698. The molecule has 20 heavy (non-hydrogen) atoms. The Kier molecular flexibility index (Phi) is 4.51. The average Bonchev–Trinajstić information content (AvgIpc) is 2.96. The summed E-state index contributed by atoms with van der Waals surface area (Å²) in [6.45, 7) is 3.48. The summed E-state index contributed by atoms with van der Waals surface area (Å²) in [7, 11) is -3.78. The minimum Gasteiger partial charge on any atom is -0.477 e. The number of sulfonamides is 1. The highest BCUT2D eigenvalue weighted by Crippen LogP contribution is 2.30. The standard InChI is InChI=1S/C13H19NO4S2/c1-8-7-19-11(13(15)16)12(8)20(17,18)14-9(2)10-5-3-4-6-10/h7,9-10,14H,3-6H2,1-2H3,(H,15,16)/t9-/m0/s1. The van der Waals surface area contributed by atoms with Crippen LogP contribution < -0.4 is 4.72 Å². The van der Waals surface area contributed by atoms with E-state index in [2.05, 4.69) is 4.72 Å². The Labute approximate surface area is 123 Å². The van der Waals surface area contributed by atoms with E-state index in [0.29, 0.717) is 11.5 Å². The van der Waals surface area contributed by atoms with Crippen molar-refractivity contribution < 1.29 is 18.3 Å². The Morgan fingerprint density at radius 1 is 1.45 bits per heavy atom. The zero-order chi connectivity index (χ0) is 14.9. The van der Waals surface area contributed by atoms with Gasteiger partial charge in [-0.25, -0.2) is 17.9 Å². The average molecular weight is 317 g/mol. The summed E-state index contributed by atoms with van der Waals surface area (Å²) in [6, 6.07) is -0.163. The number of aromatic carboxylic acids is 1. The molecule has 1 aliphatic rings. The van der Waals surface area contributed by atoms with Crippen molar-refractivity contribution in [3.05, 3.63) is 15.8 Å². The van der Waals surface area contributed by atoms with Crippen LogP contribution >= 0.6 is 11.3 Å². The molecule has 2 rings (SSSR count). The molecule has 0 aromatic carbocycles. The monoisotopic (exact) mass is 317 g/mol. The highest BCUT2D eigenvalue weighted by atomic mass is 32.2. The van der Waals surface area contributed by atoms with Gasteiger partial charge in [0, 0.05) is 6.04 Å². The zero-order valence-electron chi connectivity index (χ0n) is 11.5. The number of carboxylic acids is 1. The van der Waals surface area contributed by atoms with Crippen LogP contribution in [0.2, 0.25) is 0 Å². The molecule has 1 aromatic rings. The first-order chi connectivity index (χ1) is 9.33. The molecule has 0 bridgehead atoms. The Morgan fingerprint density at radius 2 is 2.05 bits per heavy atom. The SMILES string of the molecule is Cc1csc(C(=O)O)c1S(=O)(=O)N[C@@H](C)C1CCCC1. The fourth-order valence-electron chi connectivity index (χ4n) is 2.77. The predicted molar refractivity (Wildman–Crippen MR) is 77.8 cm³/mol. The summed E-state index contributed by atoms with van der Waals surface area (Å²) in [6.07, 6.45) is 4.32. The first-order valence-corrected chi connectivity index (χ1v) is 9.03. The van der Waals surface area contributed by atoms with Crippen LogP contribution in [0.4, 0.5) is 0 Å². The Hall–Kier alpha value is -0.920. The van der Waals surface area contributed by atoms with Crippen LogP contribution in [0.15, 0.2) is 10.3 Å². The van der Waals surface area contributed by atoms with Gasteiger partial charge in [-0.05, 0) is 43.6 Å². The van der Waals surface area contributed by atoms with E-state index in [4.69, 9.17) is 5.11 Å². The van der Waals surface area contributed by atoms with Crippen LogP contribution in [0.5, 0.6) is 0 Å². The third-order valence-electron chi connectivity index (χ3n) is 3.83. The summed E-state index contributed by atoms with van der Waals surface area (Å²) < 4.78 is 27.5. The van der Waals surface area contributed by atoms with Gasteiger partial charge in [-0.1, -0.05) is 12.8 Å². The minimum atomic E-state index is -3.78. The van der Waals surface area contributed by atoms with Crippen LogP contribution in [0, 0.1) is 12.8 Å². The molecule has 0 aliphatic heterocycles. The normalized spacial score (nSPS) is 18.3. The molecule has 0 spiro atoms. The van der Waals surface area contributed by atoms with Gasteiger partial charge in [-0.2, -0.15) is 0 Å². The second-order valence-corrected chi connectivity index (χ2v) is 7.87. The number of carbonyl (C=O) groups is 1. The number of hydrogen-bond acceptors (Lipinski definition) is 4. The smallest absolute Gasteiger partial charge is 0.347 e. The summed E-state index contributed by atoms with van der Waals surface area (Å²) in [5, 5.41) is 10.7. The predicted octanol–water partition coefficient (Wildman–Crippen LogP) is 2.61. The van der Waals surface area contributed by atoms with Crippen LogP contribution in [-0.2, 0) is 10.0 Å². The van der Waals surface area contributed by atoms with E-state index in [-0.39, 0.29) is 15.8 Å². The molecular weight excluding hydrogens is 298 g/mol. The molecule has 1 fully saturated rings. The van der Waals surface area contributed by atoms with E-state index in [9.17, 15) is 13.2 Å². The van der Waals surface area contributed by atoms with E-state index in [1.165, 1.54) is 0 Å². The fourth-order valence-corrected chi connectivity index (χ4v) is 5.72. The van der Waals surface area contributed by atoms with Gasteiger partial charge < -0.3 is 5.11 Å². The van der Waals surface area contributed by atoms with Gasteiger partial charge in [0.1, 0.15) is 9.77 Å².